The van der Waals surface area contributed by atoms with Gasteiger partial charge in [0.05, 0.1) is 12.5 Å². The number of nitrogens with zero attached hydrogens (tertiary/aromatic N) is 1. The van der Waals surface area contributed by atoms with Crippen molar-refractivity contribution in [2.24, 2.45) is 5.92 Å². The number of nitrogens with one attached hydrogen (secondary N) is 1. The first-order chi connectivity index (χ1) is 8.58. The lowest BCUT2D eigenvalue weighted by atomic mass is 9.89. The molecule has 0 aromatic rings. The van der Waals surface area contributed by atoms with Gasteiger partial charge in [-0.25, -0.2) is 4.79 Å². The van der Waals surface area contributed by atoms with Crippen LogP contribution in [-0.4, -0.2) is 53.8 Å². The molecule has 6 heteroatoms. The van der Waals surface area contributed by atoms with Gasteiger partial charge in [0.25, 0.3) is 0 Å². The Balaban J connectivity index is 1.59. The topological polar surface area (TPSA) is 78.9 Å². The summed E-state index contributed by atoms with van der Waals surface area (Å²) in [6, 6.07) is 0.143. The fourth-order valence-electron chi connectivity index (χ4n) is 2.43. The average Bonchev–Trinajstić information content (AvgIpc) is 2.19. The van der Waals surface area contributed by atoms with E-state index in [-0.39, 0.29) is 30.5 Å². The summed E-state index contributed by atoms with van der Waals surface area (Å²) in [6.07, 6.45) is 2.20. The molecule has 18 heavy (non-hydrogen) atoms. The summed E-state index contributed by atoms with van der Waals surface area (Å²) in [5.74, 6) is -0.676. The Kier molecular flexibility index (Phi) is 4.06. The van der Waals surface area contributed by atoms with Crippen LogP contribution in [-0.2, 0) is 9.53 Å². The highest BCUT2D eigenvalue weighted by atomic mass is 16.5. The molecule has 1 heterocycles. The number of likely N-dealkylation sites (tertiary alicyclic amines) is 1. The van der Waals surface area contributed by atoms with Crippen LogP contribution in [0.3, 0.4) is 0 Å². The first kappa shape index (κ1) is 13.1. The van der Waals surface area contributed by atoms with Crippen LogP contribution in [0.5, 0.6) is 0 Å². The van der Waals surface area contributed by atoms with Crippen LogP contribution in [0.25, 0.3) is 0 Å². The van der Waals surface area contributed by atoms with Crippen molar-refractivity contribution in [2.45, 2.75) is 38.3 Å². The molecule has 1 saturated heterocycles. The molecule has 0 bridgehead atoms. The monoisotopic (exact) mass is 256 g/mol. The molecular weight excluding hydrogens is 236 g/mol. The van der Waals surface area contributed by atoms with E-state index in [2.05, 4.69) is 5.32 Å². The minimum atomic E-state index is -0.793. The molecule has 102 valence electrons. The van der Waals surface area contributed by atoms with Crippen LogP contribution in [0.15, 0.2) is 0 Å². The normalized spacial score (nSPS) is 27.3. The summed E-state index contributed by atoms with van der Waals surface area (Å²) in [5.41, 5.74) is 0. The van der Waals surface area contributed by atoms with Crippen molar-refractivity contribution in [1.82, 2.24) is 10.2 Å². The number of amides is 2. The number of carboxylic acids is 1. The fraction of sp³-hybridized carbons (Fsp3) is 0.833. The van der Waals surface area contributed by atoms with Crippen molar-refractivity contribution < 1.29 is 19.4 Å². The van der Waals surface area contributed by atoms with Gasteiger partial charge in [0.1, 0.15) is 0 Å². The molecule has 1 aliphatic heterocycles. The third-order valence-electron chi connectivity index (χ3n) is 3.53. The van der Waals surface area contributed by atoms with Gasteiger partial charge in [-0.1, -0.05) is 0 Å². The molecule has 0 unspecified atom stereocenters. The number of ether oxygens (including phenoxy) is 1. The van der Waals surface area contributed by atoms with Gasteiger partial charge in [0.15, 0.2) is 0 Å². The van der Waals surface area contributed by atoms with Gasteiger partial charge in [-0.2, -0.15) is 0 Å². The zero-order chi connectivity index (χ0) is 13.1. The molecule has 0 aromatic heterocycles. The lowest BCUT2D eigenvalue weighted by Gasteiger charge is -2.41. The Morgan fingerprint density at radius 1 is 1.39 bits per heavy atom. The molecular formula is C12H20N2O4. The Morgan fingerprint density at radius 2 is 2.06 bits per heavy atom. The van der Waals surface area contributed by atoms with Crippen LogP contribution < -0.4 is 5.32 Å². The van der Waals surface area contributed by atoms with E-state index >= 15 is 0 Å². The highest BCUT2D eigenvalue weighted by Crippen LogP contribution is 2.24. The van der Waals surface area contributed by atoms with Crippen LogP contribution in [0, 0.1) is 5.92 Å². The van der Waals surface area contributed by atoms with Gasteiger partial charge >= 0.3 is 12.0 Å². The number of aliphatic carboxylic acids is 1. The molecule has 6 nitrogen and oxygen atoms in total. The maximum Gasteiger partial charge on any atom is 0.317 e. The number of hydrogen-bond donors (Lipinski definition) is 2. The molecule has 0 aromatic carbocycles. The van der Waals surface area contributed by atoms with Gasteiger partial charge < -0.3 is 20.1 Å². The number of carbonyl (C=O) groups is 2. The minimum Gasteiger partial charge on any atom is -0.481 e. The highest BCUT2D eigenvalue weighted by Gasteiger charge is 2.36. The standard InChI is InChI=1S/C12H20N2O4/c1-2-18-10-4-9(5-10)13-12(17)14-6-8(7-14)3-11(15)16/h8-10H,2-7H2,1H3,(H,13,17)(H,15,16). The summed E-state index contributed by atoms with van der Waals surface area (Å²) < 4.78 is 5.42. The van der Waals surface area contributed by atoms with E-state index in [1.165, 1.54) is 0 Å². The summed E-state index contributed by atoms with van der Waals surface area (Å²) in [5, 5.41) is 11.6. The smallest absolute Gasteiger partial charge is 0.317 e. The number of hydrogen-bond acceptors (Lipinski definition) is 3. The molecule has 2 amide bonds. The summed E-state index contributed by atoms with van der Waals surface area (Å²) in [7, 11) is 0. The summed E-state index contributed by atoms with van der Waals surface area (Å²) >= 11 is 0. The zero-order valence-corrected chi connectivity index (χ0v) is 10.6. The van der Waals surface area contributed by atoms with E-state index in [1.54, 1.807) is 4.90 Å². The largest absolute Gasteiger partial charge is 0.481 e. The highest BCUT2D eigenvalue weighted by molar-refractivity contribution is 5.76. The van der Waals surface area contributed by atoms with Crippen LogP contribution >= 0.6 is 0 Å². The van der Waals surface area contributed by atoms with E-state index in [1.807, 2.05) is 6.92 Å². The van der Waals surface area contributed by atoms with E-state index < -0.39 is 5.97 Å². The summed E-state index contributed by atoms with van der Waals surface area (Å²) in [6.45, 7) is 3.79. The second-order valence-electron chi connectivity index (χ2n) is 5.06. The second kappa shape index (κ2) is 5.56. The second-order valence-corrected chi connectivity index (χ2v) is 5.06. The Labute approximate surface area is 106 Å². The Hall–Kier alpha value is -1.30. The molecule has 2 N–H and O–H groups in total. The molecule has 0 radical (unpaired) electrons. The molecule has 2 rings (SSSR count). The Bertz CT molecular complexity index is 322. The van der Waals surface area contributed by atoms with Crippen molar-refractivity contribution in [3.05, 3.63) is 0 Å². The van der Waals surface area contributed by atoms with Crippen molar-refractivity contribution in [2.75, 3.05) is 19.7 Å². The number of carbonyl (C=O) groups excluding carboxylic acids is 1. The molecule has 1 aliphatic carbocycles. The third kappa shape index (κ3) is 3.13. The number of carboxylic acid groups (broad SMARTS) is 1. The Morgan fingerprint density at radius 3 is 2.61 bits per heavy atom. The fourth-order valence-corrected chi connectivity index (χ4v) is 2.43. The van der Waals surface area contributed by atoms with Gasteiger partial charge in [-0.15, -0.1) is 0 Å². The van der Waals surface area contributed by atoms with Crippen LogP contribution in [0.2, 0.25) is 0 Å². The van der Waals surface area contributed by atoms with Crippen molar-refractivity contribution in [1.29, 1.82) is 0 Å². The third-order valence-corrected chi connectivity index (χ3v) is 3.53. The lowest BCUT2D eigenvalue weighted by Crippen LogP contribution is -2.58. The molecule has 0 spiro atoms. The first-order valence-electron chi connectivity index (χ1n) is 6.47. The SMILES string of the molecule is CCOC1CC(NC(=O)N2CC(CC(=O)O)C2)C1. The van der Waals surface area contributed by atoms with Crippen LogP contribution in [0.4, 0.5) is 4.79 Å². The number of rotatable bonds is 5. The first-order valence-corrected chi connectivity index (χ1v) is 6.47. The maximum absolute atomic E-state index is 11.8. The predicted octanol–water partition coefficient (Wildman–Crippen LogP) is 0.670. The van der Waals surface area contributed by atoms with Crippen LogP contribution in [0.1, 0.15) is 26.2 Å². The van der Waals surface area contributed by atoms with Gasteiger partial charge in [0, 0.05) is 31.7 Å². The van der Waals surface area contributed by atoms with Gasteiger partial charge in [-0.05, 0) is 19.8 Å². The number of urea groups is 1. The molecule has 0 atom stereocenters. The van der Waals surface area contributed by atoms with Gasteiger partial charge in [-0.3, -0.25) is 4.79 Å². The minimum absolute atomic E-state index is 0.0726. The summed E-state index contributed by atoms with van der Waals surface area (Å²) in [4.78, 5) is 23.9. The maximum atomic E-state index is 11.8. The van der Waals surface area contributed by atoms with E-state index in [4.69, 9.17) is 9.84 Å². The molecule has 2 fully saturated rings. The van der Waals surface area contributed by atoms with E-state index in [0.29, 0.717) is 19.7 Å². The predicted molar refractivity (Wildman–Crippen MR) is 64.3 cm³/mol. The van der Waals surface area contributed by atoms with Crippen molar-refractivity contribution >= 4 is 12.0 Å². The van der Waals surface area contributed by atoms with Crippen molar-refractivity contribution in [3.63, 3.8) is 0 Å². The lowest BCUT2D eigenvalue weighted by molar-refractivity contribution is -0.139. The van der Waals surface area contributed by atoms with E-state index in [0.717, 1.165) is 12.8 Å². The average molecular weight is 256 g/mol. The molecule has 1 saturated carbocycles. The quantitative estimate of drug-likeness (QED) is 0.757. The van der Waals surface area contributed by atoms with Gasteiger partial charge in [0.2, 0.25) is 0 Å². The zero-order valence-electron chi connectivity index (χ0n) is 10.6. The van der Waals surface area contributed by atoms with Crippen molar-refractivity contribution in [3.8, 4) is 0 Å². The van der Waals surface area contributed by atoms with E-state index in [9.17, 15) is 9.59 Å². The molecule has 2 aliphatic rings.